The number of anilines is 2. The van der Waals surface area contributed by atoms with Crippen molar-refractivity contribution in [3.05, 3.63) is 59.9 Å². The van der Waals surface area contributed by atoms with Crippen LogP contribution in [0.5, 0.6) is 0 Å². The number of carbonyl (C=O) groups is 3. The molecule has 1 atom stereocenters. The number of rotatable bonds is 9. The van der Waals surface area contributed by atoms with Gasteiger partial charge in [-0.2, -0.15) is 0 Å². The van der Waals surface area contributed by atoms with E-state index in [1.54, 1.807) is 12.1 Å². The molecule has 0 aliphatic carbocycles. The monoisotopic (exact) mass is 565 g/mol. The van der Waals surface area contributed by atoms with Gasteiger partial charge in [-0.25, -0.2) is 9.18 Å². The van der Waals surface area contributed by atoms with Gasteiger partial charge in [0.2, 0.25) is 11.8 Å². The Bertz CT molecular complexity index is 1200. The molecule has 3 amide bonds. The highest BCUT2D eigenvalue weighted by atomic mass is 19.1. The molecule has 3 N–H and O–H groups in total. The number of ether oxygens (including phenoxy) is 1. The third kappa shape index (κ3) is 8.19. The maximum atomic E-state index is 15.0. The van der Waals surface area contributed by atoms with Gasteiger partial charge >= 0.3 is 6.09 Å². The van der Waals surface area contributed by atoms with Gasteiger partial charge in [0, 0.05) is 44.3 Å². The van der Waals surface area contributed by atoms with Crippen LogP contribution in [0.3, 0.4) is 0 Å². The molecule has 3 saturated heterocycles. The quantitative estimate of drug-likeness (QED) is 0.395. The summed E-state index contributed by atoms with van der Waals surface area (Å²) in [6.07, 6.45) is 5.36. The van der Waals surface area contributed by atoms with Gasteiger partial charge < -0.3 is 25.2 Å². The normalized spacial score (nSPS) is 20.9. The highest BCUT2D eigenvalue weighted by Crippen LogP contribution is 2.29. The molecule has 0 aromatic heterocycles. The van der Waals surface area contributed by atoms with Gasteiger partial charge in [0.15, 0.2) is 0 Å². The second kappa shape index (κ2) is 13.8. The van der Waals surface area contributed by atoms with Crippen molar-refractivity contribution < 1.29 is 23.5 Å². The Hall–Kier alpha value is -3.66. The van der Waals surface area contributed by atoms with Gasteiger partial charge in [-0.1, -0.05) is 30.3 Å². The Morgan fingerprint density at radius 1 is 0.976 bits per heavy atom. The van der Waals surface area contributed by atoms with Crippen LogP contribution in [0.25, 0.3) is 0 Å². The van der Waals surface area contributed by atoms with Gasteiger partial charge in [-0.15, -0.1) is 0 Å². The predicted molar refractivity (Wildman–Crippen MR) is 155 cm³/mol. The predicted octanol–water partition coefficient (Wildman–Crippen LogP) is 4.04. The zero-order chi connectivity index (χ0) is 28.6. The molecule has 9 nitrogen and oxygen atoms in total. The first-order valence-electron chi connectivity index (χ1n) is 14.8. The van der Waals surface area contributed by atoms with Crippen LogP contribution in [-0.2, 0) is 20.9 Å². The maximum absolute atomic E-state index is 15.0. The topological polar surface area (TPSA) is 103 Å². The van der Waals surface area contributed by atoms with Crippen molar-refractivity contribution >= 4 is 29.3 Å². The summed E-state index contributed by atoms with van der Waals surface area (Å²) in [5, 5.41) is 8.37. The summed E-state index contributed by atoms with van der Waals surface area (Å²) in [5.74, 6) is -0.324. The van der Waals surface area contributed by atoms with E-state index in [0.29, 0.717) is 23.7 Å². The molecule has 3 heterocycles. The smallest absolute Gasteiger partial charge is 0.407 e. The van der Waals surface area contributed by atoms with Crippen molar-refractivity contribution in [2.75, 3.05) is 42.9 Å². The molecule has 1 unspecified atom stereocenters. The number of hydrogen-bond acceptors (Lipinski definition) is 7. The number of likely N-dealkylation sites (tertiary alicyclic amines) is 1. The summed E-state index contributed by atoms with van der Waals surface area (Å²) >= 11 is 0. The van der Waals surface area contributed by atoms with Crippen LogP contribution < -0.4 is 20.9 Å². The molecule has 0 saturated carbocycles. The fraction of sp³-hybridized carbons (Fsp3) is 0.516. The third-order valence-electron chi connectivity index (χ3n) is 8.46. The van der Waals surface area contributed by atoms with Crippen LogP contribution in [0.4, 0.5) is 20.6 Å². The lowest BCUT2D eigenvalue weighted by Crippen LogP contribution is -2.47. The van der Waals surface area contributed by atoms with Gasteiger partial charge in [0.1, 0.15) is 18.5 Å². The molecular weight excluding hydrogens is 525 g/mol. The average Bonchev–Trinajstić information content (AvgIpc) is 2.98. The fourth-order valence-corrected chi connectivity index (χ4v) is 5.95. The lowest BCUT2D eigenvalue weighted by atomic mass is 9.92. The third-order valence-corrected chi connectivity index (χ3v) is 8.46. The number of benzene rings is 2. The van der Waals surface area contributed by atoms with Crippen molar-refractivity contribution in [1.29, 1.82) is 0 Å². The molecule has 3 aliphatic rings. The number of nitrogens with one attached hydrogen (secondary N) is 3. The molecule has 2 aromatic rings. The summed E-state index contributed by atoms with van der Waals surface area (Å²) in [6, 6.07) is 14.3. The number of alkyl carbamates (subject to hydrolysis) is 1. The van der Waals surface area contributed by atoms with Crippen molar-refractivity contribution in [2.45, 2.75) is 63.6 Å². The first-order valence-corrected chi connectivity index (χ1v) is 14.8. The standard InChI is InChI=1S/C31H40FN5O4/c32-26-20-25(33-27-7-9-29(38)35-30(27)39)6-8-28(26)37-18-11-22(12-19-37)10-15-36-16-13-24(14-17-36)34-31(40)41-21-23-4-2-1-3-5-23/h1-6,8,20,22,24,27,33H,7,9-19,21H2,(H,34,40)(H,35,38,39). The lowest BCUT2D eigenvalue weighted by molar-refractivity contribution is -0.133. The highest BCUT2D eigenvalue weighted by Gasteiger charge is 2.27. The molecule has 0 radical (unpaired) electrons. The Kier molecular flexibility index (Phi) is 9.71. The van der Waals surface area contributed by atoms with Gasteiger partial charge in [-0.3, -0.25) is 14.9 Å². The summed E-state index contributed by atoms with van der Waals surface area (Å²) < 4.78 is 20.3. The first-order chi connectivity index (χ1) is 19.9. The van der Waals surface area contributed by atoms with E-state index in [9.17, 15) is 18.8 Å². The Labute approximate surface area is 240 Å². The summed E-state index contributed by atoms with van der Waals surface area (Å²) in [5.41, 5.74) is 2.11. The number of amides is 3. The number of carbonyl (C=O) groups excluding carboxylic acids is 3. The van der Waals surface area contributed by atoms with Crippen LogP contribution in [0.2, 0.25) is 0 Å². The zero-order valence-corrected chi connectivity index (χ0v) is 23.4. The molecule has 0 spiro atoms. The zero-order valence-electron chi connectivity index (χ0n) is 23.4. The van der Waals surface area contributed by atoms with E-state index >= 15 is 0 Å². The molecular formula is C31H40FN5O4. The number of hydrogen-bond donors (Lipinski definition) is 3. The molecule has 3 aliphatic heterocycles. The Balaban J connectivity index is 0.979. The van der Waals surface area contributed by atoms with Crippen molar-refractivity contribution in [1.82, 2.24) is 15.5 Å². The van der Waals surface area contributed by atoms with E-state index in [2.05, 4.69) is 25.8 Å². The van der Waals surface area contributed by atoms with Crippen LogP contribution in [-0.4, -0.2) is 67.6 Å². The van der Waals surface area contributed by atoms with Gasteiger partial charge in [0.05, 0.1) is 5.69 Å². The van der Waals surface area contributed by atoms with Gasteiger partial charge in [0.25, 0.3) is 0 Å². The molecule has 2 aromatic carbocycles. The maximum Gasteiger partial charge on any atom is 0.407 e. The molecule has 220 valence electrons. The highest BCUT2D eigenvalue weighted by molar-refractivity contribution is 6.01. The summed E-state index contributed by atoms with van der Waals surface area (Å²) in [4.78, 5) is 40.1. The van der Waals surface area contributed by atoms with E-state index in [0.717, 1.165) is 70.4 Å². The summed E-state index contributed by atoms with van der Waals surface area (Å²) in [6.45, 7) is 4.89. The van der Waals surface area contributed by atoms with E-state index < -0.39 is 6.04 Å². The van der Waals surface area contributed by atoms with Crippen LogP contribution in [0.1, 0.15) is 50.5 Å². The second-order valence-corrected chi connectivity index (χ2v) is 11.4. The minimum Gasteiger partial charge on any atom is -0.445 e. The fourth-order valence-electron chi connectivity index (χ4n) is 5.95. The van der Waals surface area contributed by atoms with Crippen LogP contribution in [0, 0.1) is 11.7 Å². The molecule has 10 heteroatoms. The second-order valence-electron chi connectivity index (χ2n) is 11.4. The number of piperidine rings is 3. The summed E-state index contributed by atoms with van der Waals surface area (Å²) in [7, 11) is 0. The average molecular weight is 566 g/mol. The van der Waals surface area contributed by atoms with Crippen molar-refractivity contribution in [3.63, 3.8) is 0 Å². The van der Waals surface area contributed by atoms with Crippen LogP contribution >= 0.6 is 0 Å². The molecule has 41 heavy (non-hydrogen) atoms. The van der Waals surface area contributed by atoms with E-state index in [-0.39, 0.29) is 42.8 Å². The van der Waals surface area contributed by atoms with Crippen molar-refractivity contribution in [2.24, 2.45) is 5.92 Å². The van der Waals surface area contributed by atoms with Crippen molar-refractivity contribution in [3.8, 4) is 0 Å². The minimum atomic E-state index is -0.530. The molecule has 3 fully saturated rings. The number of nitrogens with zero attached hydrogens (tertiary/aromatic N) is 2. The number of imide groups is 1. The SMILES string of the molecule is O=C1CCC(Nc2ccc(N3CCC(CCN4CCC(NC(=O)OCc5ccccc5)CC4)CC3)c(F)c2)C(=O)N1. The van der Waals surface area contributed by atoms with Crippen LogP contribution in [0.15, 0.2) is 48.5 Å². The largest absolute Gasteiger partial charge is 0.445 e. The van der Waals surface area contributed by atoms with E-state index in [4.69, 9.17) is 4.74 Å². The Morgan fingerprint density at radius 3 is 2.44 bits per heavy atom. The minimum absolute atomic E-state index is 0.151. The Morgan fingerprint density at radius 2 is 1.73 bits per heavy atom. The van der Waals surface area contributed by atoms with E-state index in [1.165, 1.54) is 6.07 Å². The molecule has 5 rings (SSSR count). The lowest BCUT2D eigenvalue weighted by Gasteiger charge is -2.36. The number of halogens is 1. The van der Waals surface area contributed by atoms with E-state index in [1.807, 2.05) is 30.3 Å². The first kappa shape index (κ1) is 28.9. The van der Waals surface area contributed by atoms with Gasteiger partial charge in [-0.05, 0) is 74.8 Å². The molecule has 0 bridgehead atoms.